The average Bonchev–Trinajstić information content (AvgIpc) is 3.27. The molecule has 0 spiro atoms. The molecule has 0 unspecified atom stereocenters. The Morgan fingerprint density at radius 2 is 1.96 bits per heavy atom. The molecular weight excluding hydrogens is 294 g/mol. The number of hydrogen-bond donors (Lipinski definition) is 1. The lowest BCUT2D eigenvalue weighted by Gasteiger charge is -2.37. The van der Waals surface area contributed by atoms with E-state index in [1.54, 1.807) is 11.8 Å². The minimum absolute atomic E-state index is 0.0295. The molecule has 0 aromatic rings. The number of nitrogens with zero attached hydrogens (tertiary/aromatic N) is 2. The third-order valence-electron chi connectivity index (χ3n) is 4.29. The second-order valence-electron chi connectivity index (χ2n) is 7.95. The first kappa shape index (κ1) is 18.0. The Balaban J connectivity index is 1.92. The smallest absolute Gasteiger partial charge is 0.410 e. The van der Waals surface area contributed by atoms with E-state index in [4.69, 9.17) is 10.5 Å². The van der Waals surface area contributed by atoms with Gasteiger partial charge in [-0.1, -0.05) is 0 Å². The molecule has 0 bridgehead atoms. The highest BCUT2D eigenvalue weighted by Gasteiger charge is 2.36. The molecule has 2 rings (SSSR count). The lowest BCUT2D eigenvalue weighted by Crippen LogP contribution is -2.49. The van der Waals surface area contributed by atoms with Gasteiger partial charge in [0.15, 0.2) is 0 Å². The third kappa shape index (κ3) is 5.37. The van der Waals surface area contributed by atoms with Crippen LogP contribution in [0.5, 0.6) is 0 Å². The highest BCUT2D eigenvalue weighted by molar-refractivity contribution is 5.81. The van der Waals surface area contributed by atoms with Gasteiger partial charge in [-0.25, -0.2) is 4.79 Å². The van der Waals surface area contributed by atoms with Crippen LogP contribution in [0.25, 0.3) is 0 Å². The fourth-order valence-corrected chi connectivity index (χ4v) is 3.05. The summed E-state index contributed by atoms with van der Waals surface area (Å²) in [5, 5.41) is 0. The molecule has 2 atom stereocenters. The zero-order valence-corrected chi connectivity index (χ0v) is 14.9. The van der Waals surface area contributed by atoms with Crippen LogP contribution in [-0.4, -0.2) is 59.1 Å². The Bertz CT molecular complexity index is 441. The summed E-state index contributed by atoms with van der Waals surface area (Å²) in [6.07, 6.45) is 3.88. The van der Waals surface area contributed by atoms with Crippen LogP contribution in [0.1, 0.15) is 53.4 Å². The van der Waals surface area contributed by atoms with E-state index in [1.807, 2.05) is 25.7 Å². The van der Waals surface area contributed by atoms with Gasteiger partial charge in [-0.3, -0.25) is 4.79 Å². The van der Waals surface area contributed by atoms with Crippen molar-refractivity contribution in [1.29, 1.82) is 0 Å². The normalized spacial score (nSPS) is 23.3. The summed E-state index contributed by atoms with van der Waals surface area (Å²) in [7, 11) is 0. The van der Waals surface area contributed by atoms with Crippen LogP contribution in [0.2, 0.25) is 0 Å². The second kappa shape index (κ2) is 7.07. The Kier molecular flexibility index (Phi) is 5.55. The minimum atomic E-state index is -0.477. The van der Waals surface area contributed by atoms with Crippen molar-refractivity contribution >= 4 is 12.0 Å². The van der Waals surface area contributed by atoms with Crippen LogP contribution in [0.15, 0.2) is 0 Å². The first-order chi connectivity index (χ1) is 10.7. The lowest BCUT2D eigenvalue weighted by atomic mass is 9.97. The molecule has 1 saturated heterocycles. The molecule has 2 aliphatic rings. The van der Waals surface area contributed by atoms with Gasteiger partial charge in [0.2, 0.25) is 5.91 Å². The summed E-state index contributed by atoms with van der Waals surface area (Å²) in [5.41, 5.74) is 5.30. The predicted octanol–water partition coefficient (Wildman–Crippen LogP) is 1.97. The Morgan fingerprint density at radius 1 is 1.30 bits per heavy atom. The van der Waals surface area contributed by atoms with Crippen molar-refractivity contribution in [3.8, 4) is 0 Å². The molecule has 1 aliphatic heterocycles. The molecule has 2 N–H and O–H groups in total. The van der Waals surface area contributed by atoms with Gasteiger partial charge in [-0.05, 0) is 59.3 Å². The standard InChI is InChI=1S/C17H31N3O3/c1-12(18)15(21)20(14-7-8-14)11-13-6-5-9-19(10-13)16(22)23-17(2,3)4/h12-14H,5-11,18H2,1-4H3/t12-,13+/m0/s1. The molecule has 6 heteroatoms. The predicted molar refractivity (Wildman–Crippen MR) is 88.9 cm³/mol. The first-order valence-corrected chi connectivity index (χ1v) is 8.71. The molecule has 6 nitrogen and oxygen atoms in total. The Hall–Kier alpha value is -1.30. The first-order valence-electron chi connectivity index (χ1n) is 8.71. The highest BCUT2D eigenvalue weighted by Crippen LogP contribution is 2.30. The van der Waals surface area contributed by atoms with Gasteiger partial charge >= 0.3 is 6.09 Å². The molecular formula is C17H31N3O3. The van der Waals surface area contributed by atoms with E-state index >= 15 is 0 Å². The summed E-state index contributed by atoms with van der Waals surface area (Å²) >= 11 is 0. The van der Waals surface area contributed by atoms with Gasteiger partial charge in [0.05, 0.1) is 6.04 Å². The number of ether oxygens (including phenoxy) is 1. The van der Waals surface area contributed by atoms with Crippen LogP contribution in [0.4, 0.5) is 4.79 Å². The number of nitrogens with two attached hydrogens (primary N) is 1. The monoisotopic (exact) mass is 325 g/mol. The summed E-state index contributed by atoms with van der Waals surface area (Å²) in [4.78, 5) is 28.3. The number of carbonyl (C=O) groups is 2. The molecule has 0 aromatic heterocycles. The van der Waals surface area contributed by atoms with Gasteiger partial charge in [-0.2, -0.15) is 0 Å². The molecule has 23 heavy (non-hydrogen) atoms. The number of piperidine rings is 1. The van der Waals surface area contributed by atoms with Crippen LogP contribution in [-0.2, 0) is 9.53 Å². The maximum absolute atomic E-state index is 12.3. The average molecular weight is 325 g/mol. The lowest BCUT2D eigenvalue weighted by molar-refractivity contribution is -0.133. The maximum atomic E-state index is 12.3. The number of carbonyl (C=O) groups excluding carboxylic acids is 2. The SMILES string of the molecule is C[C@H](N)C(=O)N(C[C@@H]1CCCN(C(=O)OC(C)(C)C)C1)C1CC1. The highest BCUT2D eigenvalue weighted by atomic mass is 16.6. The van der Waals surface area contributed by atoms with Crippen molar-refractivity contribution in [3.05, 3.63) is 0 Å². The molecule has 132 valence electrons. The van der Waals surface area contributed by atoms with E-state index in [0.29, 0.717) is 25.0 Å². The topological polar surface area (TPSA) is 75.9 Å². The second-order valence-corrected chi connectivity index (χ2v) is 7.95. The number of amides is 2. The summed E-state index contributed by atoms with van der Waals surface area (Å²) in [6, 6.07) is -0.105. The van der Waals surface area contributed by atoms with Crippen molar-refractivity contribution in [2.75, 3.05) is 19.6 Å². The van der Waals surface area contributed by atoms with Gasteiger partial charge in [0.1, 0.15) is 5.60 Å². The van der Waals surface area contributed by atoms with Crippen LogP contribution in [0, 0.1) is 5.92 Å². The quantitative estimate of drug-likeness (QED) is 0.857. The van der Waals surface area contributed by atoms with E-state index < -0.39 is 11.6 Å². The van der Waals surface area contributed by atoms with E-state index in [2.05, 4.69) is 0 Å². The Labute approximate surface area is 139 Å². The fraction of sp³-hybridized carbons (Fsp3) is 0.882. The van der Waals surface area contributed by atoms with E-state index in [1.165, 1.54) is 0 Å². The van der Waals surface area contributed by atoms with Gasteiger partial charge < -0.3 is 20.3 Å². The fourth-order valence-electron chi connectivity index (χ4n) is 3.05. The zero-order chi connectivity index (χ0) is 17.2. The van der Waals surface area contributed by atoms with Crippen LogP contribution < -0.4 is 5.73 Å². The minimum Gasteiger partial charge on any atom is -0.444 e. The number of rotatable bonds is 4. The van der Waals surface area contributed by atoms with Crippen LogP contribution in [0.3, 0.4) is 0 Å². The van der Waals surface area contributed by atoms with Crippen molar-refractivity contribution in [3.63, 3.8) is 0 Å². The van der Waals surface area contributed by atoms with E-state index in [-0.39, 0.29) is 12.0 Å². The maximum Gasteiger partial charge on any atom is 0.410 e. The molecule has 2 amide bonds. The molecule has 0 aromatic carbocycles. The molecule has 1 aliphatic carbocycles. The van der Waals surface area contributed by atoms with Crippen molar-refractivity contribution in [1.82, 2.24) is 9.80 Å². The van der Waals surface area contributed by atoms with Gasteiger partial charge in [0.25, 0.3) is 0 Å². The van der Waals surface area contributed by atoms with E-state index in [9.17, 15) is 9.59 Å². The number of hydrogen-bond acceptors (Lipinski definition) is 4. The summed E-state index contributed by atoms with van der Waals surface area (Å²) in [6.45, 7) is 9.46. The molecule has 2 fully saturated rings. The third-order valence-corrected chi connectivity index (χ3v) is 4.29. The molecule has 1 saturated carbocycles. The summed E-state index contributed by atoms with van der Waals surface area (Å²) < 4.78 is 5.46. The molecule has 0 radical (unpaired) electrons. The Morgan fingerprint density at radius 3 is 2.48 bits per heavy atom. The van der Waals surface area contributed by atoms with Crippen molar-refractivity contribution in [2.45, 2.75) is 71.1 Å². The molecule has 1 heterocycles. The number of likely N-dealkylation sites (tertiary alicyclic amines) is 1. The van der Waals surface area contributed by atoms with Crippen molar-refractivity contribution < 1.29 is 14.3 Å². The van der Waals surface area contributed by atoms with Crippen LogP contribution >= 0.6 is 0 Å². The van der Waals surface area contributed by atoms with E-state index in [0.717, 1.165) is 32.2 Å². The largest absolute Gasteiger partial charge is 0.444 e. The summed E-state index contributed by atoms with van der Waals surface area (Å²) in [5.74, 6) is 0.335. The van der Waals surface area contributed by atoms with Crippen molar-refractivity contribution in [2.24, 2.45) is 11.7 Å². The zero-order valence-electron chi connectivity index (χ0n) is 14.9. The van der Waals surface area contributed by atoms with Gasteiger partial charge in [-0.15, -0.1) is 0 Å². The van der Waals surface area contributed by atoms with Gasteiger partial charge in [0, 0.05) is 25.7 Å².